The largest absolute Gasteiger partial charge is 0.307 e. The Kier molecular flexibility index (Phi) is 4.19. The highest BCUT2D eigenvalue weighted by molar-refractivity contribution is 5.18. The van der Waals surface area contributed by atoms with Crippen molar-refractivity contribution in [2.24, 2.45) is 5.92 Å². The van der Waals surface area contributed by atoms with Crippen LogP contribution >= 0.6 is 0 Å². The zero-order chi connectivity index (χ0) is 12.3. The minimum atomic E-state index is 0.451. The molecule has 0 aliphatic carbocycles. The fourth-order valence-corrected chi connectivity index (χ4v) is 2.76. The van der Waals surface area contributed by atoms with Crippen LogP contribution in [0, 0.1) is 5.92 Å². The minimum Gasteiger partial charge on any atom is -0.307 e. The number of hydrogen-bond acceptors (Lipinski definition) is 2. The first-order chi connectivity index (χ1) is 8.16. The Balaban J connectivity index is 1.93. The summed E-state index contributed by atoms with van der Waals surface area (Å²) in [6.07, 6.45) is 1.26. The third-order valence-corrected chi connectivity index (χ3v) is 3.87. The molecular formula is C15H24N2. The first-order valence-corrected chi connectivity index (χ1v) is 6.66. The van der Waals surface area contributed by atoms with Crippen LogP contribution < -0.4 is 5.32 Å². The molecule has 2 heteroatoms. The van der Waals surface area contributed by atoms with Crippen molar-refractivity contribution in [2.45, 2.75) is 32.4 Å². The van der Waals surface area contributed by atoms with Gasteiger partial charge in [0.25, 0.3) is 0 Å². The topological polar surface area (TPSA) is 15.3 Å². The summed E-state index contributed by atoms with van der Waals surface area (Å²) >= 11 is 0. The van der Waals surface area contributed by atoms with Crippen molar-refractivity contribution < 1.29 is 0 Å². The first-order valence-electron chi connectivity index (χ1n) is 6.66. The van der Waals surface area contributed by atoms with E-state index in [2.05, 4.69) is 61.4 Å². The monoisotopic (exact) mass is 232 g/mol. The second-order valence-electron chi connectivity index (χ2n) is 5.43. The number of nitrogens with zero attached hydrogens (tertiary/aromatic N) is 1. The Bertz CT molecular complexity index is 336. The van der Waals surface area contributed by atoms with Gasteiger partial charge in [-0.1, -0.05) is 37.3 Å². The molecule has 1 aromatic carbocycles. The van der Waals surface area contributed by atoms with Crippen LogP contribution in [0.1, 0.15) is 31.9 Å². The molecule has 1 N–H and O–H groups in total. The Morgan fingerprint density at radius 3 is 2.65 bits per heavy atom. The second kappa shape index (κ2) is 5.65. The van der Waals surface area contributed by atoms with Gasteiger partial charge in [0.2, 0.25) is 0 Å². The zero-order valence-electron chi connectivity index (χ0n) is 11.2. The molecule has 0 aromatic heterocycles. The van der Waals surface area contributed by atoms with E-state index < -0.39 is 0 Å². The van der Waals surface area contributed by atoms with Crippen molar-refractivity contribution in [3.8, 4) is 0 Å². The molecule has 0 unspecified atom stereocenters. The van der Waals surface area contributed by atoms with E-state index in [1.165, 1.54) is 25.1 Å². The molecule has 2 nitrogen and oxygen atoms in total. The predicted molar refractivity (Wildman–Crippen MR) is 73.1 cm³/mol. The Morgan fingerprint density at radius 2 is 2.00 bits per heavy atom. The quantitative estimate of drug-likeness (QED) is 0.862. The van der Waals surface area contributed by atoms with Gasteiger partial charge in [-0.2, -0.15) is 0 Å². The van der Waals surface area contributed by atoms with Crippen molar-refractivity contribution >= 4 is 0 Å². The average molecular weight is 232 g/mol. The summed E-state index contributed by atoms with van der Waals surface area (Å²) in [6.45, 7) is 7.04. The fourth-order valence-electron chi connectivity index (χ4n) is 2.76. The molecule has 94 valence electrons. The zero-order valence-corrected chi connectivity index (χ0v) is 11.2. The maximum absolute atomic E-state index is 3.78. The van der Waals surface area contributed by atoms with Crippen LogP contribution in [0.15, 0.2) is 30.3 Å². The standard InChI is InChI=1S/C15H24N2/c1-12-11-17(3)10-9-15(12)16-13(2)14-7-5-4-6-8-14/h4-8,12-13,15-16H,9-11H2,1-3H3/t12-,13+,15+/m1/s1. The predicted octanol–water partition coefficient (Wildman–Crippen LogP) is 2.68. The van der Waals surface area contributed by atoms with Crippen molar-refractivity contribution in [3.05, 3.63) is 35.9 Å². The lowest BCUT2D eigenvalue weighted by Crippen LogP contribution is -2.47. The minimum absolute atomic E-state index is 0.451. The highest BCUT2D eigenvalue weighted by Gasteiger charge is 2.25. The summed E-state index contributed by atoms with van der Waals surface area (Å²) in [5, 5.41) is 3.78. The molecule has 2 rings (SSSR count). The second-order valence-corrected chi connectivity index (χ2v) is 5.43. The van der Waals surface area contributed by atoms with E-state index in [0.717, 1.165) is 5.92 Å². The van der Waals surface area contributed by atoms with Crippen LogP contribution in [0.2, 0.25) is 0 Å². The van der Waals surface area contributed by atoms with Gasteiger partial charge in [-0.3, -0.25) is 0 Å². The molecular weight excluding hydrogens is 208 g/mol. The number of likely N-dealkylation sites (tertiary alicyclic amines) is 1. The number of hydrogen-bond donors (Lipinski definition) is 1. The van der Waals surface area contributed by atoms with E-state index in [9.17, 15) is 0 Å². The molecule has 0 radical (unpaired) electrons. The SMILES string of the molecule is C[C@H](N[C@H]1CCN(C)C[C@H]1C)c1ccccc1. The molecule has 1 aromatic rings. The van der Waals surface area contributed by atoms with Gasteiger partial charge in [0, 0.05) is 18.6 Å². The normalized spacial score (nSPS) is 27.9. The molecule has 1 heterocycles. The summed E-state index contributed by atoms with van der Waals surface area (Å²) in [6, 6.07) is 11.8. The lowest BCUT2D eigenvalue weighted by molar-refractivity contribution is 0.168. The molecule has 1 aliphatic heterocycles. The van der Waals surface area contributed by atoms with E-state index in [1.54, 1.807) is 0 Å². The van der Waals surface area contributed by atoms with Crippen molar-refractivity contribution in [1.82, 2.24) is 10.2 Å². The van der Waals surface area contributed by atoms with Crippen LogP contribution in [0.5, 0.6) is 0 Å². The van der Waals surface area contributed by atoms with Crippen LogP contribution in [0.4, 0.5) is 0 Å². The smallest absolute Gasteiger partial charge is 0.0294 e. The van der Waals surface area contributed by atoms with Crippen LogP contribution in [0.25, 0.3) is 0 Å². The van der Waals surface area contributed by atoms with E-state index in [4.69, 9.17) is 0 Å². The molecule has 3 atom stereocenters. The third kappa shape index (κ3) is 3.30. The summed E-state index contributed by atoms with van der Waals surface area (Å²) in [4.78, 5) is 2.43. The van der Waals surface area contributed by atoms with Gasteiger partial charge in [-0.15, -0.1) is 0 Å². The fraction of sp³-hybridized carbons (Fsp3) is 0.600. The van der Waals surface area contributed by atoms with Gasteiger partial charge in [0.15, 0.2) is 0 Å². The lowest BCUT2D eigenvalue weighted by atomic mass is 9.93. The molecule has 0 amide bonds. The summed E-state index contributed by atoms with van der Waals surface area (Å²) in [7, 11) is 2.22. The van der Waals surface area contributed by atoms with Gasteiger partial charge in [0.05, 0.1) is 0 Å². The maximum Gasteiger partial charge on any atom is 0.0294 e. The van der Waals surface area contributed by atoms with Crippen molar-refractivity contribution in [1.29, 1.82) is 0 Å². The third-order valence-electron chi connectivity index (χ3n) is 3.87. The molecule has 17 heavy (non-hydrogen) atoms. The van der Waals surface area contributed by atoms with Crippen LogP contribution in [0.3, 0.4) is 0 Å². The van der Waals surface area contributed by atoms with Gasteiger partial charge >= 0.3 is 0 Å². The molecule has 0 bridgehead atoms. The number of piperidine rings is 1. The Morgan fingerprint density at radius 1 is 1.29 bits per heavy atom. The number of benzene rings is 1. The molecule has 0 spiro atoms. The molecule has 1 saturated heterocycles. The maximum atomic E-state index is 3.78. The van der Waals surface area contributed by atoms with Gasteiger partial charge in [-0.05, 0) is 38.4 Å². The number of nitrogens with one attached hydrogen (secondary N) is 1. The highest BCUT2D eigenvalue weighted by Crippen LogP contribution is 2.20. The highest BCUT2D eigenvalue weighted by atomic mass is 15.1. The molecule has 0 saturated carbocycles. The van der Waals surface area contributed by atoms with E-state index in [1.807, 2.05) is 0 Å². The van der Waals surface area contributed by atoms with Gasteiger partial charge in [0.1, 0.15) is 0 Å². The van der Waals surface area contributed by atoms with Gasteiger partial charge in [-0.25, -0.2) is 0 Å². The molecule has 1 aliphatic rings. The molecule has 1 fully saturated rings. The van der Waals surface area contributed by atoms with Crippen molar-refractivity contribution in [2.75, 3.05) is 20.1 Å². The van der Waals surface area contributed by atoms with E-state index in [0.29, 0.717) is 12.1 Å². The summed E-state index contributed by atoms with van der Waals surface area (Å²) in [5.41, 5.74) is 1.39. The van der Waals surface area contributed by atoms with E-state index in [-0.39, 0.29) is 0 Å². The van der Waals surface area contributed by atoms with Gasteiger partial charge < -0.3 is 10.2 Å². The average Bonchev–Trinajstić information content (AvgIpc) is 2.34. The van der Waals surface area contributed by atoms with Crippen LogP contribution in [-0.4, -0.2) is 31.1 Å². The summed E-state index contributed by atoms with van der Waals surface area (Å²) < 4.78 is 0. The Hall–Kier alpha value is -0.860. The van der Waals surface area contributed by atoms with E-state index >= 15 is 0 Å². The lowest BCUT2D eigenvalue weighted by Gasteiger charge is -2.37. The number of rotatable bonds is 3. The van der Waals surface area contributed by atoms with Crippen molar-refractivity contribution in [3.63, 3.8) is 0 Å². The van der Waals surface area contributed by atoms with Crippen LogP contribution in [-0.2, 0) is 0 Å². The Labute approximate surface area is 105 Å². The summed E-state index contributed by atoms with van der Waals surface area (Å²) in [5.74, 6) is 0.736. The first kappa shape index (κ1) is 12.6.